The Balaban J connectivity index is 1.16. The molecule has 2 saturated heterocycles. The number of amides is 1. The summed E-state index contributed by atoms with van der Waals surface area (Å²) in [6.45, 7) is 5.96. The number of β-amino-alcohol motifs (C(OH)–C–C–N with tert-alkyl or cyclic N) is 1. The topological polar surface area (TPSA) is 110 Å². The second-order valence-electron chi connectivity index (χ2n) is 11.2. The number of anilines is 1. The number of piperidine rings is 1. The zero-order chi connectivity index (χ0) is 29.4. The molecule has 6 rings (SSSR count). The molecule has 1 atom stereocenters. The van der Waals surface area contributed by atoms with Gasteiger partial charge in [-0.05, 0) is 50.8 Å². The highest BCUT2D eigenvalue weighted by Gasteiger charge is 2.28. The van der Waals surface area contributed by atoms with Gasteiger partial charge in [0.2, 0.25) is 5.95 Å². The van der Waals surface area contributed by atoms with E-state index < -0.39 is 17.7 Å². The van der Waals surface area contributed by atoms with E-state index in [0.717, 1.165) is 12.8 Å². The number of aromatic nitrogens is 5. The van der Waals surface area contributed by atoms with Crippen molar-refractivity contribution in [2.24, 2.45) is 0 Å². The van der Waals surface area contributed by atoms with Crippen LogP contribution in [0.2, 0.25) is 0 Å². The van der Waals surface area contributed by atoms with E-state index in [1.165, 1.54) is 29.6 Å². The average Bonchev–Trinajstić information content (AvgIpc) is 3.57. The van der Waals surface area contributed by atoms with Gasteiger partial charge in [0.15, 0.2) is 11.6 Å². The van der Waals surface area contributed by atoms with Crippen LogP contribution < -0.4 is 9.64 Å². The summed E-state index contributed by atoms with van der Waals surface area (Å²) in [5, 5.41) is 9.99. The summed E-state index contributed by atoms with van der Waals surface area (Å²) in [6.07, 6.45) is 7.73. The molecular weight excluding hydrogens is 544 g/mol. The summed E-state index contributed by atoms with van der Waals surface area (Å²) in [7, 11) is 0. The van der Waals surface area contributed by atoms with Crippen molar-refractivity contribution in [1.29, 1.82) is 0 Å². The number of benzene rings is 1. The molecule has 1 aromatic carbocycles. The summed E-state index contributed by atoms with van der Waals surface area (Å²) in [5.41, 5.74) is 1.37. The molecule has 0 radical (unpaired) electrons. The van der Waals surface area contributed by atoms with Gasteiger partial charge >= 0.3 is 0 Å². The molecule has 12 heteroatoms. The number of hydrogen-bond donors (Lipinski definition) is 1. The van der Waals surface area contributed by atoms with E-state index in [1.54, 1.807) is 18.5 Å². The Labute approximate surface area is 242 Å². The van der Waals surface area contributed by atoms with Gasteiger partial charge in [-0.1, -0.05) is 6.07 Å². The van der Waals surface area contributed by atoms with Crippen LogP contribution in [0.3, 0.4) is 0 Å². The molecule has 4 aromatic rings. The lowest BCUT2D eigenvalue weighted by atomic mass is 10.0. The molecular formula is C30H33F2N7O3. The number of hydrogen-bond acceptors (Lipinski definition) is 8. The molecule has 2 aliphatic rings. The Morgan fingerprint density at radius 1 is 1.05 bits per heavy atom. The van der Waals surface area contributed by atoms with E-state index in [2.05, 4.69) is 24.8 Å². The molecule has 1 amide bonds. The molecule has 5 heterocycles. The summed E-state index contributed by atoms with van der Waals surface area (Å²) in [6, 6.07) is 4.32. The maximum absolute atomic E-state index is 15.4. The van der Waals surface area contributed by atoms with Crippen molar-refractivity contribution in [2.45, 2.75) is 57.8 Å². The summed E-state index contributed by atoms with van der Waals surface area (Å²) < 4.78 is 38.0. The van der Waals surface area contributed by atoms with Gasteiger partial charge in [0.25, 0.3) is 5.91 Å². The van der Waals surface area contributed by atoms with Crippen molar-refractivity contribution in [3.63, 3.8) is 0 Å². The Hall–Kier alpha value is -4.19. The van der Waals surface area contributed by atoms with Crippen LogP contribution in [0.15, 0.2) is 43.1 Å². The molecule has 42 heavy (non-hydrogen) atoms. The molecule has 0 bridgehead atoms. The first kappa shape index (κ1) is 28.0. The average molecular weight is 578 g/mol. The normalized spacial score (nSPS) is 17.9. The van der Waals surface area contributed by atoms with Crippen LogP contribution in [0.25, 0.3) is 11.0 Å². The molecule has 0 unspecified atom stereocenters. The first-order valence-corrected chi connectivity index (χ1v) is 14.3. The first-order valence-electron chi connectivity index (χ1n) is 14.3. The summed E-state index contributed by atoms with van der Waals surface area (Å²) >= 11 is 0. The molecule has 10 nitrogen and oxygen atoms in total. The Bertz CT molecular complexity index is 1590. The maximum atomic E-state index is 15.4. The van der Waals surface area contributed by atoms with Gasteiger partial charge < -0.3 is 24.2 Å². The standard InChI is InChI=1S/C30H33F2N7O3/c1-18(2)42-23-13-33-30(34-14-23)37-8-5-21(6-9-37)39-16-25(32)27-26(35-17-36-28(27)39)12-19-3-4-20(11-24(19)31)29(41)38-10-7-22(40)15-38/h3-4,11,13-14,16-18,21-22,40H,5-10,12,15H2,1-2H3/t22-/m1/s1. The smallest absolute Gasteiger partial charge is 0.254 e. The largest absolute Gasteiger partial charge is 0.488 e. The van der Waals surface area contributed by atoms with Crippen molar-refractivity contribution < 1.29 is 23.4 Å². The monoisotopic (exact) mass is 577 g/mol. The van der Waals surface area contributed by atoms with Gasteiger partial charge in [-0.15, -0.1) is 0 Å². The van der Waals surface area contributed by atoms with Crippen LogP contribution in [0, 0.1) is 11.6 Å². The van der Waals surface area contributed by atoms with Gasteiger partial charge in [-0.3, -0.25) is 4.79 Å². The molecule has 0 aliphatic carbocycles. The number of rotatable bonds is 7. The predicted octanol–water partition coefficient (Wildman–Crippen LogP) is 3.93. The fourth-order valence-electron chi connectivity index (χ4n) is 5.77. The third kappa shape index (κ3) is 5.63. The number of nitrogens with zero attached hydrogens (tertiary/aromatic N) is 7. The number of ether oxygens (including phenoxy) is 1. The Kier molecular flexibility index (Phi) is 7.72. The minimum Gasteiger partial charge on any atom is -0.488 e. The summed E-state index contributed by atoms with van der Waals surface area (Å²) in [4.78, 5) is 33.9. The van der Waals surface area contributed by atoms with E-state index in [9.17, 15) is 9.90 Å². The highest BCUT2D eigenvalue weighted by Crippen LogP contribution is 2.32. The lowest BCUT2D eigenvalue weighted by Crippen LogP contribution is -2.35. The summed E-state index contributed by atoms with van der Waals surface area (Å²) in [5.74, 6) is -0.0807. The van der Waals surface area contributed by atoms with Crippen LogP contribution in [0.5, 0.6) is 5.75 Å². The fourth-order valence-corrected chi connectivity index (χ4v) is 5.77. The van der Waals surface area contributed by atoms with Crippen LogP contribution in [0.4, 0.5) is 14.7 Å². The number of likely N-dealkylation sites (tertiary alicyclic amines) is 1. The van der Waals surface area contributed by atoms with E-state index in [1.807, 2.05) is 18.4 Å². The third-order valence-electron chi connectivity index (χ3n) is 7.88. The van der Waals surface area contributed by atoms with Gasteiger partial charge in [-0.25, -0.2) is 28.7 Å². The van der Waals surface area contributed by atoms with Gasteiger partial charge in [0.1, 0.15) is 17.8 Å². The second-order valence-corrected chi connectivity index (χ2v) is 11.2. The maximum Gasteiger partial charge on any atom is 0.254 e. The van der Waals surface area contributed by atoms with Gasteiger partial charge in [-0.2, -0.15) is 0 Å². The molecule has 1 N–H and O–H groups in total. The molecule has 220 valence electrons. The third-order valence-corrected chi connectivity index (χ3v) is 7.88. The molecule has 2 fully saturated rings. The quantitative estimate of drug-likeness (QED) is 0.352. The van der Waals surface area contributed by atoms with Crippen molar-refractivity contribution in [2.75, 3.05) is 31.1 Å². The molecule has 0 spiro atoms. The molecule has 2 aliphatic heterocycles. The van der Waals surface area contributed by atoms with Crippen LogP contribution in [-0.2, 0) is 6.42 Å². The van der Waals surface area contributed by atoms with Crippen molar-refractivity contribution in [3.05, 3.63) is 71.6 Å². The van der Waals surface area contributed by atoms with Crippen molar-refractivity contribution in [1.82, 2.24) is 29.4 Å². The van der Waals surface area contributed by atoms with Gasteiger partial charge in [0.05, 0.1) is 35.7 Å². The Morgan fingerprint density at radius 2 is 1.81 bits per heavy atom. The second kappa shape index (κ2) is 11.6. The number of carbonyl (C=O) groups excluding carboxylic acids is 1. The highest BCUT2D eigenvalue weighted by molar-refractivity contribution is 5.94. The fraction of sp³-hybridized carbons (Fsp3) is 0.433. The number of fused-ring (bicyclic) bond motifs is 1. The molecule has 0 saturated carbocycles. The van der Waals surface area contributed by atoms with E-state index in [-0.39, 0.29) is 42.0 Å². The van der Waals surface area contributed by atoms with Crippen LogP contribution in [-0.4, -0.2) is 78.8 Å². The zero-order valence-electron chi connectivity index (χ0n) is 23.6. The van der Waals surface area contributed by atoms with Crippen molar-refractivity contribution >= 4 is 22.9 Å². The van der Waals surface area contributed by atoms with E-state index in [4.69, 9.17) is 4.74 Å². The number of carbonyl (C=O) groups is 1. The van der Waals surface area contributed by atoms with Crippen molar-refractivity contribution in [3.8, 4) is 5.75 Å². The van der Waals surface area contributed by atoms with Crippen LogP contribution >= 0.6 is 0 Å². The van der Waals surface area contributed by atoms with Crippen LogP contribution in [0.1, 0.15) is 60.8 Å². The SMILES string of the molecule is CC(C)Oc1cnc(N2CCC(n3cc(F)c4c(Cc5ccc(C(=O)N6CC[C@@H](O)C6)cc5F)ncnc43)CC2)nc1. The van der Waals surface area contributed by atoms with Gasteiger partial charge in [0, 0.05) is 50.4 Å². The predicted molar refractivity (Wildman–Crippen MR) is 151 cm³/mol. The highest BCUT2D eigenvalue weighted by atomic mass is 19.1. The minimum atomic E-state index is -0.564. The first-order chi connectivity index (χ1) is 20.3. The Morgan fingerprint density at radius 3 is 2.48 bits per heavy atom. The minimum absolute atomic E-state index is 0.0192. The van der Waals surface area contributed by atoms with E-state index >= 15 is 8.78 Å². The lowest BCUT2D eigenvalue weighted by Gasteiger charge is -2.32. The molecule has 3 aromatic heterocycles. The van der Waals surface area contributed by atoms with E-state index in [0.29, 0.717) is 54.7 Å². The lowest BCUT2D eigenvalue weighted by molar-refractivity contribution is 0.0764. The number of aliphatic hydroxyl groups excluding tert-OH is 1. The number of aliphatic hydroxyl groups is 1. The zero-order valence-corrected chi connectivity index (χ0v) is 23.6. The number of halogens is 2.